The van der Waals surface area contributed by atoms with E-state index in [1.165, 1.54) is 0 Å². The van der Waals surface area contributed by atoms with Gasteiger partial charge in [0.1, 0.15) is 11.9 Å². The maximum Gasteiger partial charge on any atom is 0.432 e. The number of cyclic esters (lactones) is 1. The van der Waals surface area contributed by atoms with Crippen molar-refractivity contribution in [2.75, 3.05) is 13.7 Å². The van der Waals surface area contributed by atoms with Crippen molar-refractivity contribution < 1.29 is 19.1 Å². The average molecular weight is 340 g/mol. The highest BCUT2D eigenvalue weighted by Gasteiger charge is 2.41. The van der Waals surface area contributed by atoms with Crippen LogP contribution in [0, 0.1) is 0 Å². The SMILES string of the molecule is C[C@H]1[C@@H](c2ccccc2)OC(=O)N(C(=O)COc2ccccc2)N1C. The molecule has 1 heterocycles. The molecule has 2 amide bonds. The van der Waals surface area contributed by atoms with E-state index in [4.69, 9.17) is 9.47 Å². The van der Waals surface area contributed by atoms with Gasteiger partial charge >= 0.3 is 6.09 Å². The molecule has 25 heavy (non-hydrogen) atoms. The number of carbonyl (C=O) groups is 2. The molecule has 2 aromatic rings. The smallest absolute Gasteiger partial charge is 0.432 e. The van der Waals surface area contributed by atoms with Gasteiger partial charge in [-0.05, 0) is 24.6 Å². The lowest BCUT2D eigenvalue weighted by Crippen LogP contribution is -2.59. The lowest BCUT2D eigenvalue weighted by atomic mass is 10.0. The zero-order valence-electron chi connectivity index (χ0n) is 14.2. The Balaban J connectivity index is 1.69. The maximum absolute atomic E-state index is 12.4. The predicted molar refractivity (Wildman–Crippen MR) is 91.7 cm³/mol. The van der Waals surface area contributed by atoms with Crippen LogP contribution in [-0.2, 0) is 9.53 Å². The number of hydrazine groups is 1. The van der Waals surface area contributed by atoms with E-state index >= 15 is 0 Å². The molecule has 0 spiro atoms. The van der Waals surface area contributed by atoms with Crippen LogP contribution in [0.2, 0.25) is 0 Å². The van der Waals surface area contributed by atoms with Crippen LogP contribution in [0.4, 0.5) is 4.79 Å². The fourth-order valence-corrected chi connectivity index (χ4v) is 2.75. The number of para-hydroxylation sites is 1. The van der Waals surface area contributed by atoms with Gasteiger partial charge in [-0.1, -0.05) is 48.5 Å². The summed E-state index contributed by atoms with van der Waals surface area (Å²) in [6.07, 6.45) is -1.13. The van der Waals surface area contributed by atoms with Crippen molar-refractivity contribution >= 4 is 12.0 Å². The highest BCUT2D eigenvalue weighted by molar-refractivity contribution is 5.92. The van der Waals surface area contributed by atoms with Crippen LogP contribution < -0.4 is 4.74 Å². The van der Waals surface area contributed by atoms with Gasteiger partial charge in [-0.15, -0.1) is 0 Å². The molecule has 0 aliphatic carbocycles. The first-order chi connectivity index (χ1) is 12.1. The molecule has 0 radical (unpaired) electrons. The molecule has 0 bridgehead atoms. The van der Waals surface area contributed by atoms with Crippen molar-refractivity contribution in [1.29, 1.82) is 0 Å². The Bertz CT molecular complexity index is 728. The standard InChI is InChI=1S/C19H20N2O4/c1-14-18(15-9-5-3-6-10-15)25-19(23)21(20(14)2)17(22)13-24-16-11-7-4-8-12-16/h3-12,14,18H,13H2,1-2H3/t14-,18-/m0/s1. The van der Waals surface area contributed by atoms with Gasteiger partial charge in [-0.25, -0.2) is 9.80 Å². The van der Waals surface area contributed by atoms with E-state index in [0.717, 1.165) is 10.6 Å². The predicted octanol–water partition coefficient (Wildman–Crippen LogP) is 3.02. The van der Waals surface area contributed by atoms with Gasteiger partial charge in [0.05, 0.1) is 6.04 Å². The van der Waals surface area contributed by atoms with Crippen molar-refractivity contribution in [2.24, 2.45) is 0 Å². The van der Waals surface area contributed by atoms with Gasteiger partial charge in [0, 0.05) is 7.05 Å². The van der Waals surface area contributed by atoms with E-state index in [9.17, 15) is 9.59 Å². The first-order valence-electron chi connectivity index (χ1n) is 8.07. The van der Waals surface area contributed by atoms with Crippen LogP contribution in [0.3, 0.4) is 0 Å². The molecule has 1 aliphatic rings. The van der Waals surface area contributed by atoms with Gasteiger partial charge in [0.25, 0.3) is 5.91 Å². The first-order valence-corrected chi connectivity index (χ1v) is 8.07. The normalized spacial score (nSPS) is 20.9. The fourth-order valence-electron chi connectivity index (χ4n) is 2.75. The highest BCUT2D eigenvalue weighted by Crippen LogP contribution is 2.30. The highest BCUT2D eigenvalue weighted by atomic mass is 16.6. The second kappa shape index (κ2) is 7.36. The molecule has 0 N–H and O–H groups in total. The summed E-state index contributed by atoms with van der Waals surface area (Å²) in [5, 5.41) is 2.59. The zero-order valence-corrected chi connectivity index (χ0v) is 14.2. The van der Waals surface area contributed by atoms with Crippen molar-refractivity contribution in [2.45, 2.75) is 19.1 Å². The summed E-state index contributed by atoms with van der Waals surface area (Å²) in [6, 6.07) is 18.3. The molecule has 130 valence electrons. The van der Waals surface area contributed by atoms with Gasteiger partial charge in [0.2, 0.25) is 0 Å². The molecular weight excluding hydrogens is 320 g/mol. The topological polar surface area (TPSA) is 59.1 Å². The molecule has 2 aromatic carbocycles. The van der Waals surface area contributed by atoms with E-state index in [1.54, 1.807) is 24.2 Å². The Labute approximate surface area is 146 Å². The second-order valence-electron chi connectivity index (χ2n) is 5.84. The molecule has 1 fully saturated rings. The van der Waals surface area contributed by atoms with Crippen LogP contribution in [0.15, 0.2) is 60.7 Å². The lowest BCUT2D eigenvalue weighted by Gasteiger charge is -2.42. The van der Waals surface area contributed by atoms with E-state index in [2.05, 4.69) is 0 Å². The molecule has 0 aromatic heterocycles. The molecular formula is C19H20N2O4. The zero-order chi connectivity index (χ0) is 17.8. The molecule has 2 atom stereocenters. The Morgan fingerprint density at radius 2 is 1.68 bits per heavy atom. The van der Waals surface area contributed by atoms with Crippen LogP contribution in [0.25, 0.3) is 0 Å². The average Bonchev–Trinajstić information content (AvgIpc) is 2.64. The first kappa shape index (κ1) is 17.0. The third kappa shape index (κ3) is 3.64. The number of rotatable bonds is 4. The summed E-state index contributed by atoms with van der Waals surface area (Å²) in [6.45, 7) is 1.66. The van der Waals surface area contributed by atoms with Gasteiger partial charge < -0.3 is 9.47 Å². The molecule has 6 heteroatoms. The number of benzene rings is 2. The molecule has 6 nitrogen and oxygen atoms in total. The van der Waals surface area contributed by atoms with Gasteiger partial charge in [-0.3, -0.25) is 4.79 Å². The number of amides is 2. The molecule has 3 rings (SSSR count). The summed E-state index contributed by atoms with van der Waals surface area (Å²) >= 11 is 0. The van der Waals surface area contributed by atoms with Gasteiger partial charge in [-0.2, -0.15) is 5.01 Å². The minimum Gasteiger partial charge on any atom is -0.484 e. The molecule has 0 saturated carbocycles. The minimum atomic E-state index is -0.698. The number of imide groups is 1. The minimum absolute atomic E-state index is 0.194. The third-order valence-corrected chi connectivity index (χ3v) is 4.21. The number of hydrogen-bond acceptors (Lipinski definition) is 5. The summed E-state index contributed by atoms with van der Waals surface area (Å²) < 4.78 is 10.9. The van der Waals surface area contributed by atoms with Crippen LogP contribution >= 0.6 is 0 Å². The Kier molecular flexibility index (Phi) is 5.00. The van der Waals surface area contributed by atoms with E-state index in [1.807, 2.05) is 55.5 Å². The number of nitrogens with zero attached hydrogens (tertiary/aromatic N) is 2. The molecule has 1 aliphatic heterocycles. The largest absolute Gasteiger partial charge is 0.484 e. The number of carbonyl (C=O) groups excluding carboxylic acids is 2. The molecule has 0 unspecified atom stereocenters. The monoisotopic (exact) mass is 340 g/mol. The number of hydrogen-bond donors (Lipinski definition) is 0. The third-order valence-electron chi connectivity index (χ3n) is 4.21. The van der Waals surface area contributed by atoms with Gasteiger partial charge in [0.15, 0.2) is 6.61 Å². The van der Waals surface area contributed by atoms with Crippen molar-refractivity contribution in [3.63, 3.8) is 0 Å². The quantitative estimate of drug-likeness (QED) is 0.856. The van der Waals surface area contributed by atoms with E-state index in [-0.39, 0.29) is 12.6 Å². The number of likely N-dealkylation sites (N-methyl/N-ethyl adjacent to an activating group) is 1. The molecule has 1 saturated heterocycles. The Hall–Kier alpha value is -2.86. The lowest BCUT2D eigenvalue weighted by molar-refractivity contribution is -0.164. The summed E-state index contributed by atoms with van der Waals surface area (Å²) in [5.74, 6) is 0.0915. The fraction of sp³-hybridized carbons (Fsp3) is 0.263. The maximum atomic E-state index is 12.4. The van der Waals surface area contributed by atoms with Crippen LogP contribution in [-0.4, -0.2) is 41.7 Å². The second-order valence-corrected chi connectivity index (χ2v) is 5.84. The van der Waals surface area contributed by atoms with Crippen molar-refractivity contribution in [3.8, 4) is 5.75 Å². The summed E-state index contributed by atoms with van der Waals surface area (Å²) in [5.41, 5.74) is 0.892. The van der Waals surface area contributed by atoms with Crippen LogP contribution in [0.1, 0.15) is 18.6 Å². The van der Waals surface area contributed by atoms with Crippen molar-refractivity contribution in [3.05, 3.63) is 66.2 Å². The summed E-state index contributed by atoms with van der Waals surface area (Å²) in [4.78, 5) is 24.8. The Morgan fingerprint density at radius 3 is 2.32 bits per heavy atom. The van der Waals surface area contributed by atoms with Crippen molar-refractivity contribution in [1.82, 2.24) is 10.0 Å². The van der Waals surface area contributed by atoms with E-state index < -0.39 is 18.1 Å². The number of ether oxygens (including phenoxy) is 2. The Morgan fingerprint density at radius 1 is 1.08 bits per heavy atom. The van der Waals surface area contributed by atoms with Crippen LogP contribution in [0.5, 0.6) is 5.75 Å². The van der Waals surface area contributed by atoms with E-state index in [0.29, 0.717) is 5.75 Å². The summed E-state index contributed by atoms with van der Waals surface area (Å²) in [7, 11) is 1.70.